The molecule has 6 nitrogen and oxygen atoms in total. The summed E-state index contributed by atoms with van der Waals surface area (Å²) in [5, 5.41) is 9.81. The minimum Gasteiger partial charge on any atom is -0.497 e. The summed E-state index contributed by atoms with van der Waals surface area (Å²) in [7, 11) is 3.15. The fourth-order valence-corrected chi connectivity index (χ4v) is 4.54. The van der Waals surface area contributed by atoms with Crippen molar-refractivity contribution in [1.82, 2.24) is 0 Å². The highest BCUT2D eigenvalue weighted by atomic mass is 35.5. The number of halogens is 1. The van der Waals surface area contributed by atoms with Crippen molar-refractivity contribution in [3.63, 3.8) is 0 Å². The van der Waals surface area contributed by atoms with Crippen molar-refractivity contribution in [2.45, 2.75) is 18.9 Å². The number of methoxy groups -OCH3 is 2. The van der Waals surface area contributed by atoms with Crippen LogP contribution in [0.2, 0.25) is 5.02 Å². The van der Waals surface area contributed by atoms with Crippen LogP contribution in [0.3, 0.4) is 0 Å². The van der Waals surface area contributed by atoms with Gasteiger partial charge in [-0.1, -0.05) is 29.8 Å². The van der Waals surface area contributed by atoms with E-state index in [0.29, 0.717) is 22.1 Å². The van der Waals surface area contributed by atoms with Gasteiger partial charge in [-0.3, -0.25) is 4.79 Å². The summed E-state index contributed by atoms with van der Waals surface area (Å²) in [6.45, 7) is 2.06. The minimum atomic E-state index is -1.14. The highest BCUT2D eigenvalue weighted by Gasteiger charge is 2.49. The van der Waals surface area contributed by atoms with Gasteiger partial charge in [-0.2, -0.15) is 0 Å². The van der Waals surface area contributed by atoms with Crippen LogP contribution >= 0.6 is 11.6 Å². The molecule has 0 saturated heterocycles. The average Bonchev–Trinajstić information content (AvgIpc) is 3.02. The van der Waals surface area contributed by atoms with Crippen molar-refractivity contribution >= 4 is 29.2 Å². The average molecular weight is 452 g/mol. The van der Waals surface area contributed by atoms with Gasteiger partial charge in [-0.25, -0.2) is 4.79 Å². The Bertz CT molecular complexity index is 1220. The van der Waals surface area contributed by atoms with Crippen LogP contribution in [0.15, 0.2) is 60.7 Å². The summed E-state index contributed by atoms with van der Waals surface area (Å²) >= 11 is 6.49. The molecular weight excluding hydrogens is 430 g/mol. The normalized spacial score (nSPS) is 17.2. The molecule has 0 aliphatic carbocycles. The number of carbonyl (C=O) groups excluding carboxylic acids is 1. The van der Waals surface area contributed by atoms with Crippen molar-refractivity contribution < 1.29 is 24.2 Å². The summed E-state index contributed by atoms with van der Waals surface area (Å²) < 4.78 is 10.8. The molecule has 0 spiro atoms. The van der Waals surface area contributed by atoms with E-state index in [1.165, 1.54) is 18.2 Å². The second-order valence-electron chi connectivity index (χ2n) is 7.71. The standard InChI is InChI=1S/C25H22ClNO5/c1-25(19-12-15(23(28)29)9-11-20(19)26)18-6-4-5-7-21(18)27(24(25)30)14-16-8-10-17(31-2)13-22(16)32-3/h4-13H,14H2,1-3H3,(H,28,29). The van der Waals surface area contributed by atoms with Gasteiger partial charge in [0.1, 0.15) is 16.9 Å². The smallest absolute Gasteiger partial charge is 0.335 e. The Hall–Kier alpha value is -3.51. The number of amides is 1. The molecule has 0 radical (unpaired) electrons. The lowest BCUT2D eigenvalue weighted by Gasteiger charge is -2.26. The third kappa shape index (κ3) is 3.37. The summed E-state index contributed by atoms with van der Waals surface area (Å²) in [4.78, 5) is 27.2. The van der Waals surface area contributed by atoms with Crippen LogP contribution in [0.4, 0.5) is 5.69 Å². The molecule has 7 heteroatoms. The van der Waals surface area contributed by atoms with Crippen LogP contribution in [0.1, 0.15) is 34.0 Å². The van der Waals surface area contributed by atoms with Crippen molar-refractivity contribution in [2.24, 2.45) is 0 Å². The lowest BCUT2D eigenvalue weighted by Crippen LogP contribution is -2.39. The number of fused-ring (bicyclic) bond motifs is 1. The Morgan fingerprint density at radius 3 is 2.47 bits per heavy atom. The maximum atomic E-state index is 13.9. The van der Waals surface area contributed by atoms with Gasteiger partial charge in [-0.15, -0.1) is 0 Å². The van der Waals surface area contributed by atoms with Crippen LogP contribution in [-0.4, -0.2) is 31.2 Å². The lowest BCUT2D eigenvalue weighted by molar-refractivity contribution is -0.121. The molecule has 0 saturated carbocycles. The quantitative estimate of drug-likeness (QED) is 0.576. The summed E-state index contributed by atoms with van der Waals surface area (Å²) in [5.41, 5.74) is 1.72. The number of aromatic carboxylic acids is 1. The molecule has 1 aliphatic heterocycles. The molecule has 1 N–H and O–H groups in total. The number of carboxylic acid groups (broad SMARTS) is 1. The van der Waals surface area contributed by atoms with Crippen LogP contribution < -0.4 is 14.4 Å². The fraction of sp³-hybridized carbons (Fsp3) is 0.200. The molecule has 1 unspecified atom stereocenters. The van der Waals surface area contributed by atoms with Gasteiger partial charge in [0.25, 0.3) is 0 Å². The van der Waals surface area contributed by atoms with E-state index in [-0.39, 0.29) is 18.0 Å². The summed E-state index contributed by atoms with van der Waals surface area (Å²) in [6, 6.07) is 17.4. The second-order valence-corrected chi connectivity index (χ2v) is 8.12. The van der Waals surface area contributed by atoms with Crippen molar-refractivity contribution in [3.05, 3.63) is 87.9 Å². The number of nitrogens with zero attached hydrogens (tertiary/aromatic N) is 1. The third-order valence-electron chi connectivity index (χ3n) is 5.98. The number of benzene rings is 3. The monoisotopic (exact) mass is 451 g/mol. The molecule has 0 aromatic heterocycles. The zero-order valence-electron chi connectivity index (χ0n) is 17.9. The zero-order chi connectivity index (χ0) is 23.0. The van der Waals surface area contributed by atoms with E-state index in [4.69, 9.17) is 21.1 Å². The molecule has 0 bridgehead atoms. The van der Waals surface area contributed by atoms with E-state index in [1.54, 1.807) is 32.1 Å². The van der Waals surface area contributed by atoms with Crippen LogP contribution in [0, 0.1) is 0 Å². The fourth-order valence-electron chi connectivity index (χ4n) is 4.24. The van der Waals surface area contributed by atoms with Crippen molar-refractivity contribution in [2.75, 3.05) is 19.1 Å². The molecule has 1 heterocycles. The molecule has 3 aromatic carbocycles. The van der Waals surface area contributed by atoms with Crippen molar-refractivity contribution in [3.8, 4) is 11.5 Å². The number of rotatable bonds is 6. The van der Waals surface area contributed by atoms with Crippen molar-refractivity contribution in [1.29, 1.82) is 0 Å². The van der Waals surface area contributed by atoms with E-state index in [0.717, 1.165) is 16.8 Å². The molecule has 1 aliphatic rings. The number of para-hydroxylation sites is 1. The Balaban J connectivity index is 1.84. The Kier molecular flexibility index (Phi) is 5.57. The van der Waals surface area contributed by atoms with Gasteiger partial charge >= 0.3 is 5.97 Å². The highest BCUT2D eigenvalue weighted by Crippen LogP contribution is 2.48. The first kappa shape index (κ1) is 21.7. The number of carboxylic acids is 1. The number of hydrogen-bond acceptors (Lipinski definition) is 4. The van der Waals surface area contributed by atoms with Crippen LogP contribution in [-0.2, 0) is 16.8 Å². The second kappa shape index (κ2) is 8.20. The van der Waals surface area contributed by atoms with E-state index in [2.05, 4.69) is 0 Å². The summed E-state index contributed by atoms with van der Waals surface area (Å²) in [6.07, 6.45) is 0. The molecule has 0 fully saturated rings. The first-order valence-electron chi connectivity index (χ1n) is 9.97. The van der Waals surface area contributed by atoms with Gasteiger partial charge in [0.05, 0.1) is 26.3 Å². The summed E-state index contributed by atoms with van der Waals surface area (Å²) in [5.74, 6) is -0.0129. The number of hydrogen-bond donors (Lipinski definition) is 1. The van der Waals surface area contributed by atoms with Crippen LogP contribution in [0.25, 0.3) is 0 Å². The molecule has 1 amide bonds. The first-order chi connectivity index (χ1) is 15.3. The van der Waals surface area contributed by atoms with Crippen LogP contribution in [0.5, 0.6) is 11.5 Å². The molecule has 4 rings (SSSR count). The number of ether oxygens (including phenoxy) is 2. The van der Waals surface area contributed by atoms with E-state index >= 15 is 0 Å². The van der Waals surface area contributed by atoms with Gasteiger partial charge in [0.15, 0.2) is 0 Å². The highest BCUT2D eigenvalue weighted by molar-refractivity contribution is 6.32. The van der Waals surface area contributed by atoms with Gasteiger partial charge in [0, 0.05) is 22.3 Å². The maximum absolute atomic E-state index is 13.9. The minimum absolute atomic E-state index is 0.0752. The zero-order valence-corrected chi connectivity index (χ0v) is 18.6. The predicted molar refractivity (Wildman–Crippen MR) is 122 cm³/mol. The maximum Gasteiger partial charge on any atom is 0.335 e. The molecular formula is C25H22ClNO5. The van der Waals surface area contributed by atoms with E-state index < -0.39 is 11.4 Å². The van der Waals surface area contributed by atoms with Gasteiger partial charge < -0.3 is 19.5 Å². The van der Waals surface area contributed by atoms with E-state index in [9.17, 15) is 14.7 Å². The lowest BCUT2D eigenvalue weighted by atomic mass is 9.76. The molecule has 32 heavy (non-hydrogen) atoms. The molecule has 1 atom stereocenters. The van der Waals surface area contributed by atoms with Gasteiger partial charge in [0.2, 0.25) is 5.91 Å². The number of anilines is 1. The van der Waals surface area contributed by atoms with Gasteiger partial charge in [-0.05, 0) is 54.4 Å². The molecule has 164 valence electrons. The number of carbonyl (C=O) groups is 2. The predicted octanol–water partition coefficient (Wildman–Crippen LogP) is 4.91. The molecule has 3 aromatic rings. The Labute approximate surface area is 191 Å². The third-order valence-corrected chi connectivity index (χ3v) is 6.31. The topological polar surface area (TPSA) is 76.1 Å². The SMILES string of the molecule is COc1ccc(CN2C(=O)C(C)(c3cc(C(=O)O)ccc3Cl)c3ccccc32)c(OC)c1. The first-order valence-corrected chi connectivity index (χ1v) is 10.3. The Morgan fingerprint density at radius 2 is 1.78 bits per heavy atom. The largest absolute Gasteiger partial charge is 0.497 e. The Morgan fingerprint density at radius 1 is 1.03 bits per heavy atom. The van der Waals surface area contributed by atoms with E-state index in [1.807, 2.05) is 36.4 Å².